The van der Waals surface area contributed by atoms with Gasteiger partial charge in [-0.05, 0) is 65.1 Å². The highest BCUT2D eigenvalue weighted by Crippen LogP contribution is 2.30. The molecule has 0 N–H and O–H groups in total. The highest BCUT2D eigenvalue weighted by molar-refractivity contribution is 5.37. The van der Waals surface area contributed by atoms with E-state index in [-0.39, 0.29) is 22.3 Å². The van der Waals surface area contributed by atoms with Crippen molar-refractivity contribution >= 4 is 0 Å². The Bertz CT molecular complexity index is 1270. The number of hydrogen-bond donors (Lipinski definition) is 0. The van der Waals surface area contributed by atoms with Gasteiger partial charge in [0.25, 0.3) is 0 Å². The molecule has 3 aromatic carbocycles. The number of halogens is 6. The van der Waals surface area contributed by atoms with Crippen LogP contribution >= 0.6 is 0 Å². The van der Waals surface area contributed by atoms with Crippen LogP contribution in [-0.2, 0) is 16.2 Å². The number of nitrogens with zero attached hydrogens (tertiary/aromatic N) is 1. The van der Waals surface area contributed by atoms with Crippen molar-refractivity contribution in [2.45, 2.75) is 85.5 Å². The Morgan fingerprint density at radius 3 is 1.05 bits per heavy atom. The SMILES string of the molecule is CC(C)(C)c1c(F)cc(C#N)cc1F.CC(C)(C)c1c(F)cccc1F.Cc1cc(F)c(C(C)(C)C)c(F)c1. The zero-order valence-electron chi connectivity index (χ0n) is 24.3. The molecule has 1 nitrogen and oxygen atoms in total. The summed E-state index contributed by atoms with van der Waals surface area (Å²) in [7, 11) is 0. The van der Waals surface area contributed by atoms with E-state index in [0.717, 1.165) is 12.1 Å². The van der Waals surface area contributed by atoms with Gasteiger partial charge in [-0.1, -0.05) is 68.4 Å². The molecule has 0 aliphatic heterocycles. The van der Waals surface area contributed by atoms with E-state index in [2.05, 4.69) is 0 Å². The van der Waals surface area contributed by atoms with E-state index >= 15 is 0 Å². The molecule has 3 rings (SSSR count). The van der Waals surface area contributed by atoms with E-state index in [0.29, 0.717) is 5.56 Å². The van der Waals surface area contributed by atoms with Gasteiger partial charge < -0.3 is 0 Å². The Labute approximate surface area is 228 Å². The van der Waals surface area contributed by atoms with Crippen LogP contribution in [0.15, 0.2) is 42.5 Å². The fraction of sp³-hybridized carbons (Fsp3) is 0.406. The molecule has 0 aliphatic rings. The maximum Gasteiger partial charge on any atom is 0.131 e. The van der Waals surface area contributed by atoms with Gasteiger partial charge in [0.2, 0.25) is 0 Å². The summed E-state index contributed by atoms with van der Waals surface area (Å²) in [6.07, 6.45) is 0. The lowest BCUT2D eigenvalue weighted by atomic mass is 9.85. The molecule has 0 unspecified atom stereocenters. The first-order chi connectivity index (χ1) is 17.6. The van der Waals surface area contributed by atoms with Gasteiger partial charge in [0.05, 0.1) is 11.6 Å². The molecule has 39 heavy (non-hydrogen) atoms. The van der Waals surface area contributed by atoms with Crippen LogP contribution in [0.2, 0.25) is 0 Å². The van der Waals surface area contributed by atoms with Crippen molar-refractivity contribution in [1.82, 2.24) is 0 Å². The largest absolute Gasteiger partial charge is 0.207 e. The number of aryl methyl sites for hydroxylation is 1. The fourth-order valence-corrected chi connectivity index (χ4v) is 3.98. The number of benzene rings is 3. The van der Waals surface area contributed by atoms with Crippen molar-refractivity contribution in [2.24, 2.45) is 0 Å². The first-order valence-corrected chi connectivity index (χ1v) is 12.4. The maximum absolute atomic E-state index is 13.4. The van der Waals surface area contributed by atoms with Crippen molar-refractivity contribution in [1.29, 1.82) is 5.26 Å². The molecule has 0 radical (unpaired) electrons. The van der Waals surface area contributed by atoms with Crippen molar-refractivity contribution in [3.8, 4) is 6.07 Å². The average Bonchev–Trinajstić information content (AvgIpc) is 2.70. The van der Waals surface area contributed by atoms with Crippen LogP contribution in [-0.4, -0.2) is 0 Å². The monoisotopic (exact) mass is 549 g/mol. The third kappa shape index (κ3) is 9.45. The van der Waals surface area contributed by atoms with Crippen LogP contribution in [0.3, 0.4) is 0 Å². The molecule has 7 heteroatoms. The summed E-state index contributed by atoms with van der Waals surface area (Å²) in [6, 6.07) is 10.5. The van der Waals surface area contributed by atoms with E-state index in [1.165, 1.54) is 30.3 Å². The molecule has 0 atom stereocenters. The Balaban J connectivity index is 0.000000293. The van der Waals surface area contributed by atoms with E-state index in [9.17, 15) is 26.3 Å². The molecule has 212 valence electrons. The minimum absolute atomic E-state index is 0.00741. The molecule has 0 aromatic heterocycles. The standard InChI is InChI=1S/C11H11F2N.C11H14F2.C10H12F2/c1-11(2,3)10-8(12)4-7(6-14)5-9(10)13;1-7-5-8(12)10(9(13)6-7)11(2,3)4;1-10(2,3)9-7(11)5-4-6-8(9)12/h4-5H,1-3H3;5-6H,1-4H3;4-6H,1-3H3. The molecule has 0 aliphatic carbocycles. The van der Waals surface area contributed by atoms with Gasteiger partial charge in [-0.25, -0.2) is 26.3 Å². The van der Waals surface area contributed by atoms with Gasteiger partial charge in [-0.2, -0.15) is 5.26 Å². The summed E-state index contributed by atoms with van der Waals surface area (Å²) in [5.74, 6) is -3.16. The molecule has 0 amide bonds. The molecule has 0 bridgehead atoms. The van der Waals surface area contributed by atoms with E-state index in [4.69, 9.17) is 5.26 Å². The minimum atomic E-state index is -0.658. The Kier molecular flexibility index (Phi) is 11.0. The maximum atomic E-state index is 13.4. The van der Waals surface area contributed by atoms with Crippen LogP contribution in [0.25, 0.3) is 0 Å². The van der Waals surface area contributed by atoms with Crippen LogP contribution in [0.5, 0.6) is 0 Å². The lowest BCUT2D eigenvalue weighted by molar-refractivity contribution is 0.474. The summed E-state index contributed by atoms with van der Waals surface area (Å²) >= 11 is 0. The van der Waals surface area contributed by atoms with Crippen molar-refractivity contribution in [3.05, 3.63) is 105 Å². The summed E-state index contributed by atoms with van der Waals surface area (Å²) in [5.41, 5.74) is -0.588. The first kappa shape index (κ1) is 33.8. The highest BCUT2D eigenvalue weighted by atomic mass is 19.2. The summed E-state index contributed by atoms with van der Waals surface area (Å²) in [6.45, 7) is 17.6. The molecule has 0 saturated carbocycles. The quantitative estimate of drug-likeness (QED) is 0.256. The van der Waals surface area contributed by atoms with Crippen LogP contribution in [0.1, 0.15) is 90.1 Å². The predicted octanol–water partition coefficient (Wildman–Crippen LogP) is 9.97. The second kappa shape index (κ2) is 12.7. The third-order valence-corrected chi connectivity index (χ3v) is 5.57. The van der Waals surface area contributed by atoms with Crippen molar-refractivity contribution in [2.75, 3.05) is 0 Å². The molecule has 0 heterocycles. The number of rotatable bonds is 0. The van der Waals surface area contributed by atoms with Crippen LogP contribution in [0, 0.1) is 53.2 Å². The second-order valence-corrected chi connectivity index (χ2v) is 12.4. The first-order valence-electron chi connectivity index (χ1n) is 12.4. The lowest BCUT2D eigenvalue weighted by Gasteiger charge is -2.20. The summed E-state index contributed by atoms with van der Waals surface area (Å²) in [5, 5.41) is 8.50. The lowest BCUT2D eigenvalue weighted by Crippen LogP contribution is -2.16. The van der Waals surface area contributed by atoms with Crippen LogP contribution < -0.4 is 0 Å². The molecule has 3 aromatic rings. The van der Waals surface area contributed by atoms with E-state index in [1.807, 2.05) is 0 Å². The fourth-order valence-electron chi connectivity index (χ4n) is 3.98. The average molecular weight is 550 g/mol. The van der Waals surface area contributed by atoms with Gasteiger partial charge in [0, 0.05) is 16.7 Å². The van der Waals surface area contributed by atoms with Crippen molar-refractivity contribution in [3.63, 3.8) is 0 Å². The zero-order valence-corrected chi connectivity index (χ0v) is 24.3. The van der Waals surface area contributed by atoms with Gasteiger partial charge in [0.15, 0.2) is 0 Å². The topological polar surface area (TPSA) is 23.8 Å². The smallest absolute Gasteiger partial charge is 0.131 e. The van der Waals surface area contributed by atoms with Crippen molar-refractivity contribution < 1.29 is 26.3 Å². The number of nitriles is 1. The second-order valence-electron chi connectivity index (χ2n) is 12.4. The van der Waals surface area contributed by atoms with E-state index < -0.39 is 51.1 Å². The van der Waals surface area contributed by atoms with Gasteiger partial charge in [-0.15, -0.1) is 0 Å². The molecule has 0 fully saturated rings. The van der Waals surface area contributed by atoms with Gasteiger partial charge in [-0.3, -0.25) is 0 Å². The summed E-state index contributed by atoms with van der Waals surface area (Å²) in [4.78, 5) is 0. The Morgan fingerprint density at radius 2 is 0.795 bits per heavy atom. The third-order valence-electron chi connectivity index (χ3n) is 5.57. The minimum Gasteiger partial charge on any atom is -0.207 e. The highest BCUT2D eigenvalue weighted by Gasteiger charge is 2.24. The van der Waals surface area contributed by atoms with Gasteiger partial charge >= 0.3 is 0 Å². The van der Waals surface area contributed by atoms with Gasteiger partial charge in [0.1, 0.15) is 34.9 Å². The molecular weight excluding hydrogens is 512 g/mol. The Morgan fingerprint density at radius 1 is 0.513 bits per heavy atom. The van der Waals surface area contributed by atoms with E-state index in [1.54, 1.807) is 75.3 Å². The summed E-state index contributed by atoms with van der Waals surface area (Å²) < 4.78 is 79.8. The molecule has 0 saturated heterocycles. The zero-order chi connectivity index (χ0) is 30.5. The molecular formula is C32H37F6N. The molecule has 0 spiro atoms. The Hall–Kier alpha value is -3.27. The predicted molar refractivity (Wildman–Crippen MR) is 145 cm³/mol. The number of hydrogen-bond acceptors (Lipinski definition) is 1. The normalized spacial score (nSPS) is 11.6. The van der Waals surface area contributed by atoms with Crippen LogP contribution in [0.4, 0.5) is 26.3 Å².